The highest BCUT2D eigenvalue weighted by atomic mass is 19.1. The maximum atomic E-state index is 14.5. The van der Waals surface area contributed by atoms with Gasteiger partial charge in [0.2, 0.25) is 0 Å². The highest BCUT2D eigenvalue weighted by molar-refractivity contribution is 5.96. The van der Waals surface area contributed by atoms with Crippen LogP contribution < -0.4 is 10.6 Å². The number of carbonyl (C=O) groups excluding carboxylic acids is 3. The molecule has 2 amide bonds. The van der Waals surface area contributed by atoms with E-state index in [-0.39, 0.29) is 25.3 Å². The molecule has 0 saturated carbocycles. The molecule has 0 bridgehead atoms. The van der Waals surface area contributed by atoms with E-state index >= 15 is 0 Å². The van der Waals surface area contributed by atoms with Gasteiger partial charge < -0.3 is 20.1 Å². The third kappa shape index (κ3) is 8.47. The highest BCUT2D eigenvalue weighted by Gasteiger charge is 2.25. The minimum Gasteiger partial charge on any atom is -0.459 e. The lowest BCUT2D eigenvalue weighted by Crippen LogP contribution is -2.49. The number of nitrogens with zero attached hydrogens (tertiary/aromatic N) is 1. The Bertz CT molecular complexity index is 1480. The lowest BCUT2D eigenvalue weighted by atomic mass is 9.98. The lowest BCUT2D eigenvalue weighted by molar-refractivity contribution is -0.147. The summed E-state index contributed by atoms with van der Waals surface area (Å²) in [6.45, 7) is 1.63. The molecule has 0 radical (unpaired) electrons. The minimum atomic E-state index is -1.26. The van der Waals surface area contributed by atoms with E-state index in [1.165, 1.54) is 6.07 Å². The Morgan fingerprint density at radius 3 is 2.20 bits per heavy atom. The van der Waals surface area contributed by atoms with Crippen molar-refractivity contribution in [1.29, 1.82) is 0 Å². The molecule has 0 aliphatic heterocycles. The first-order valence-corrected chi connectivity index (χ1v) is 13.1. The predicted octanol–water partition coefficient (Wildman–Crippen LogP) is 5.22. The van der Waals surface area contributed by atoms with Crippen LogP contribution in [0.1, 0.15) is 34.0 Å². The van der Waals surface area contributed by atoms with Crippen LogP contribution in [0.15, 0.2) is 97.3 Å². The molecule has 0 fully saturated rings. The molecule has 1 atom stereocenters. The molecule has 0 spiro atoms. The molecule has 210 valence electrons. The van der Waals surface area contributed by atoms with Crippen molar-refractivity contribution in [2.75, 3.05) is 6.54 Å². The fraction of sp³-hybridized carbons (Fsp3) is 0.188. The fourth-order valence-electron chi connectivity index (χ4n) is 4.09. The number of alkyl carbamates (subject to hydrolysis) is 1. The van der Waals surface area contributed by atoms with Crippen LogP contribution in [0.2, 0.25) is 0 Å². The maximum Gasteiger partial charge on any atom is 0.408 e. The molecule has 3 aromatic carbocycles. The molecule has 0 aliphatic carbocycles. The number of nitrogens with one attached hydrogen (secondary N) is 2. The van der Waals surface area contributed by atoms with Crippen LogP contribution in [0, 0.1) is 5.82 Å². The minimum absolute atomic E-state index is 0.00895. The van der Waals surface area contributed by atoms with Crippen molar-refractivity contribution < 1.29 is 28.2 Å². The predicted molar refractivity (Wildman–Crippen MR) is 151 cm³/mol. The number of ether oxygens (including phenoxy) is 2. The van der Waals surface area contributed by atoms with Crippen molar-refractivity contribution in [3.8, 4) is 11.1 Å². The number of esters is 1. The van der Waals surface area contributed by atoms with Crippen molar-refractivity contribution in [1.82, 2.24) is 15.6 Å². The van der Waals surface area contributed by atoms with Gasteiger partial charge in [-0.3, -0.25) is 9.78 Å². The zero-order valence-electron chi connectivity index (χ0n) is 22.5. The number of aromatic nitrogens is 1. The molecule has 1 aromatic heterocycles. The zero-order chi connectivity index (χ0) is 29.0. The lowest BCUT2D eigenvalue weighted by Gasteiger charge is -2.18. The molecular formula is C32H30FN3O5. The summed E-state index contributed by atoms with van der Waals surface area (Å²) in [6, 6.07) is 22.7. The van der Waals surface area contributed by atoms with Gasteiger partial charge in [0.05, 0.1) is 0 Å². The Hall–Kier alpha value is -5.05. The second-order valence-electron chi connectivity index (χ2n) is 9.18. The van der Waals surface area contributed by atoms with E-state index in [2.05, 4.69) is 15.6 Å². The summed E-state index contributed by atoms with van der Waals surface area (Å²) in [4.78, 5) is 42.6. The normalized spacial score (nSPS) is 11.3. The van der Waals surface area contributed by atoms with E-state index in [1.807, 2.05) is 49.4 Å². The first-order chi connectivity index (χ1) is 19.9. The number of pyridine rings is 1. The molecule has 8 nitrogen and oxygen atoms in total. The van der Waals surface area contributed by atoms with Crippen molar-refractivity contribution in [3.63, 3.8) is 0 Å². The van der Waals surface area contributed by atoms with Crippen LogP contribution >= 0.6 is 0 Å². The molecule has 41 heavy (non-hydrogen) atoms. The van der Waals surface area contributed by atoms with Gasteiger partial charge >= 0.3 is 12.1 Å². The molecule has 0 saturated heterocycles. The van der Waals surface area contributed by atoms with Crippen molar-refractivity contribution in [3.05, 3.63) is 125 Å². The first kappa shape index (κ1) is 28.9. The molecule has 0 unspecified atom stereocenters. The van der Waals surface area contributed by atoms with Gasteiger partial charge in [0.15, 0.2) is 0 Å². The van der Waals surface area contributed by atoms with Crippen LogP contribution in [-0.2, 0) is 33.9 Å². The Morgan fingerprint density at radius 1 is 0.878 bits per heavy atom. The summed E-state index contributed by atoms with van der Waals surface area (Å²) in [5.74, 6) is -2.00. The van der Waals surface area contributed by atoms with Crippen molar-refractivity contribution in [2.24, 2.45) is 0 Å². The van der Waals surface area contributed by atoms with Gasteiger partial charge in [-0.05, 0) is 52.9 Å². The van der Waals surface area contributed by atoms with Gasteiger partial charge in [0.25, 0.3) is 5.91 Å². The quantitative estimate of drug-likeness (QED) is 0.246. The topological polar surface area (TPSA) is 107 Å². The first-order valence-electron chi connectivity index (χ1n) is 13.1. The Morgan fingerprint density at radius 2 is 1.54 bits per heavy atom. The monoisotopic (exact) mass is 555 g/mol. The third-order valence-corrected chi connectivity index (χ3v) is 6.24. The summed E-state index contributed by atoms with van der Waals surface area (Å²) in [7, 11) is 0. The molecule has 0 aliphatic rings. The fourth-order valence-corrected chi connectivity index (χ4v) is 4.09. The average molecular weight is 556 g/mol. The molecular weight excluding hydrogens is 525 g/mol. The van der Waals surface area contributed by atoms with Crippen LogP contribution in [0.3, 0.4) is 0 Å². The van der Waals surface area contributed by atoms with Gasteiger partial charge in [0.1, 0.15) is 25.1 Å². The molecule has 4 aromatic rings. The van der Waals surface area contributed by atoms with Gasteiger partial charge in [-0.15, -0.1) is 0 Å². The number of benzene rings is 3. The van der Waals surface area contributed by atoms with E-state index in [0.717, 1.165) is 22.8 Å². The standard InChI is InChI=1S/C32H30FN3O5/c1-2-24-13-14-34-18-28(24)25-15-26(17-27(33)16-25)30(37)35-19-29(31(38)40-20-22-9-5-3-6-10-22)36-32(39)41-21-23-11-7-4-8-12-23/h3-18,29H,2,19-21H2,1H3,(H,35,37)(H,36,39)/t29-/m1/s1. The van der Waals surface area contributed by atoms with Gasteiger partial charge in [0, 0.05) is 30.1 Å². The largest absolute Gasteiger partial charge is 0.459 e. The molecule has 9 heteroatoms. The average Bonchev–Trinajstić information content (AvgIpc) is 3.01. The van der Waals surface area contributed by atoms with Gasteiger partial charge in [-0.2, -0.15) is 0 Å². The van der Waals surface area contributed by atoms with Gasteiger partial charge in [-0.25, -0.2) is 14.0 Å². The van der Waals surface area contributed by atoms with Gasteiger partial charge in [-0.1, -0.05) is 67.6 Å². The maximum absolute atomic E-state index is 14.5. The second-order valence-corrected chi connectivity index (χ2v) is 9.18. The summed E-state index contributed by atoms with van der Waals surface area (Å²) in [6.07, 6.45) is 3.12. The van der Waals surface area contributed by atoms with Crippen molar-refractivity contribution in [2.45, 2.75) is 32.6 Å². The second kappa shape index (κ2) is 14.4. The Balaban J connectivity index is 1.45. The van der Waals surface area contributed by atoms with Crippen LogP contribution in [0.25, 0.3) is 11.1 Å². The van der Waals surface area contributed by atoms with Crippen LogP contribution in [0.4, 0.5) is 9.18 Å². The van der Waals surface area contributed by atoms with Crippen molar-refractivity contribution >= 4 is 18.0 Å². The SMILES string of the molecule is CCc1ccncc1-c1cc(F)cc(C(=O)NC[C@@H](NC(=O)OCc2ccccc2)C(=O)OCc2ccccc2)c1. The number of hydrogen-bond acceptors (Lipinski definition) is 6. The molecule has 4 rings (SSSR count). The smallest absolute Gasteiger partial charge is 0.408 e. The summed E-state index contributed by atoms with van der Waals surface area (Å²) in [5, 5.41) is 5.06. The number of hydrogen-bond donors (Lipinski definition) is 2. The number of carbonyl (C=O) groups is 3. The Kier molecular flexibility index (Phi) is 10.1. The summed E-state index contributed by atoms with van der Waals surface area (Å²) in [5.41, 5.74) is 3.74. The Labute approximate surface area is 237 Å². The number of amides is 2. The molecule has 1 heterocycles. The number of aryl methyl sites for hydroxylation is 1. The van der Waals surface area contributed by atoms with Crippen LogP contribution in [-0.4, -0.2) is 35.5 Å². The summed E-state index contributed by atoms with van der Waals surface area (Å²) >= 11 is 0. The van der Waals surface area contributed by atoms with E-state index in [0.29, 0.717) is 17.5 Å². The van der Waals surface area contributed by atoms with E-state index < -0.39 is 29.8 Å². The van der Waals surface area contributed by atoms with E-state index in [9.17, 15) is 18.8 Å². The molecule has 2 N–H and O–H groups in total. The number of rotatable bonds is 11. The zero-order valence-corrected chi connectivity index (χ0v) is 22.5. The number of halogens is 1. The van der Waals surface area contributed by atoms with Crippen LogP contribution in [0.5, 0.6) is 0 Å². The highest BCUT2D eigenvalue weighted by Crippen LogP contribution is 2.25. The van der Waals surface area contributed by atoms with E-state index in [1.54, 1.807) is 42.7 Å². The summed E-state index contributed by atoms with van der Waals surface area (Å²) < 4.78 is 25.2. The van der Waals surface area contributed by atoms with E-state index in [4.69, 9.17) is 9.47 Å². The third-order valence-electron chi connectivity index (χ3n) is 6.24.